The number of carbonyl (C=O) groups is 1. The molecule has 1 aromatic rings. The minimum absolute atomic E-state index is 0.00453. The van der Waals surface area contributed by atoms with E-state index in [-0.39, 0.29) is 12.0 Å². The summed E-state index contributed by atoms with van der Waals surface area (Å²) in [6.07, 6.45) is -0.00453. The Morgan fingerprint density at radius 2 is 1.92 bits per heavy atom. The molecule has 1 unspecified atom stereocenters. The van der Waals surface area contributed by atoms with Crippen LogP contribution in [0.15, 0.2) is 6.07 Å². The van der Waals surface area contributed by atoms with Gasteiger partial charge in [0.25, 0.3) is 0 Å². The van der Waals surface area contributed by atoms with Crippen LogP contribution in [-0.2, 0) is 9.53 Å². The van der Waals surface area contributed by atoms with Crippen LogP contribution in [0, 0.1) is 6.92 Å². The van der Waals surface area contributed by atoms with Crippen LogP contribution in [0.4, 0.5) is 5.82 Å². The fraction of sp³-hybridized carbons (Fsp3) is 0.722. The second-order valence-electron chi connectivity index (χ2n) is 7.14. The highest BCUT2D eigenvalue weighted by molar-refractivity contribution is 5.73. The molecule has 0 spiro atoms. The standard InChI is InChI=1S/C18H29N5O2/c1-13(2)23-9-10-25-17(12-23)16-11-18(20-14(3)19-16)22-7-5-21(6-8-22)15(4)24/h11,13,17H,5-10,12H2,1-4H3. The minimum atomic E-state index is -0.00453. The maximum Gasteiger partial charge on any atom is 0.219 e. The average Bonchev–Trinajstić information content (AvgIpc) is 2.61. The monoisotopic (exact) mass is 347 g/mol. The Kier molecular flexibility index (Phi) is 5.54. The molecule has 1 aromatic heterocycles. The molecule has 2 saturated heterocycles. The van der Waals surface area contributed by atoms with Gasteiger partial charge < -0.3 is 14.5 Å². The van der Waals surface area contributed by atoms with Crippen molar-refractivity contribution in [3.63, 3.8) is 0 Å². The highest BCUT2D eigenvalue weighted by Gasteiger charge is 2.26. The highest BCUT2D eigenvalue weighted by Crippen LogP contribution is 2.25. The van der Waals surface area contributed by atoms with Crippen LogP contribution in [0.25, 0.3) is 0 Å². The summed E-state index contributed by atoms with van der Waals surface area (Å²) in [5.74, 6) is 1.85. The quantitative estimate of drug-likeness (QED) is 0.820. The van der Waals surface area contributed by atoms with Crippen molar-refractivity contribution in [2.75, 3.05) is 50.8 Å². The van der Waals surface area contributed by atoms with E-state index in [0.717, 1.165) is 63.2 Å². The number of ether oxygens (including phenoxy) is 1. The van der Waals surface area contributed by atoms with Gasteiger partial charge in [-0.2, -0.15) is 0 Å². The fourth-order valence-corrected chi connectivity index (χ4v) is 3.47. The van der Waals surface area contributed by atoms with Crippen molar-refractivity contribution in [1.29, 1.82) is 0 Å². The van der Waals surface area contributed by atoms with Crippen LogP contribution in [0.3, 0.4) is 0 Å². The van der Waals surface area contributed by atoms with Gasteiger partial charge in [0.2, 0.25) is 5.91 Å². The predicted octanol–water partition coefficient (Wildman–Crippen LogP) is 1.24. The Labute approximate surface area is 150 Å². The van der Waals surface area contributed by atoms with Gasteiger partial charge in [-0.15, -0.1) is 0 Å². The summed E-state index contributed by atoms with van der Waals surface area (Å²) in [6, 6.07) is 2.57. The molecule has 2 aliphatic heterocycles. The third kappa shape index (κ3) is 4.27. The zero-order valence-corrected chi connectivity index (χ0v) is 15.7. The van der Waals surface area contributed by atoms with Gasteiger partial charge in [0.1, 0.15) is 17.7 Å². The third-order valence-electron chi connectivity index (χ3n) is 5.05. The Morgan fingerprint density at radius 1 is 1.20 bits per heavy atom. The predicted molar refractivity (Wildman–Crippen MR) is 96.6 cm³/mol. The second kappa shape index (κ2) is 7.66. The van der Waals surface area contributed by atoms with Gasteiger partial charge in [-0.25, -0.2) is 9.97 Å². The van der Waals surface area contributed by atoms with Crippen molar-refractivity contribution in [1.82, 2.24) is 19.8 Å². The van der Waals surface area contributed by atoms with Crippen LogP contribution >= 0.6 is 0 Å². The fourth-order valence-electron chi connectivity index (χ4n) is 3.47. The first-order chi connectivity index (χ1) is 11.9. The molecule has 2 fully saturated rings. The SMILES string of the molecule is CC(=O)N1CCN(c2cc(C3CN(C(C)C)CCO3)nc(C)n2)CC1. The number of aromatic nitrogens is 2. The van der Waals surface area contributed by atoms with Crippen LogP contribution in [0.1, 0.15) is 38.4 Å². The van der Waals surface area contributed by atoms with Crippen molar-refractivity contribution in [2.45, 2.75) is 39.8 Å². The van der Waals surface area contributed by atoms with Crippen molar-refractivity contribution < 1.29 is 9.53 Å². The molecule has 1 amide bonds. The lowest BCUT2D eigenvalue weighted by Gasteiger charge is -2.36. The van der Waals surface area contributed by atoms with Gasteiger partial charge >= 0.3 is 0 Å². The molecule has 0 radical (unpaired) electrons. The maximum atomic E-state index is 11.5. The smallest absolute Gasteiger partial charge is 0.219 e. The lowest BCUT2D eigenvalue weighted by atomic mass is 10.1. The first kappa shape index (κ1) is 18.1. The van der Waals surface area contributed by atoms with E-state index in [1.165, 1.54) is 0 Å². The second-order valence-corrected chi connectivity index (χ2v) is 7.14. The third-order valence-corrected chi connectivity index (χ3v) is 5.05. The Balaban J connectivity index is 1.74. The van der Waals surface area contributed by atoms with Gasteiger partial charge in [-0.3, -0.25) is 9.69 Å². The van der Waals surface area contributed by atoms with E-state index < -0.39 is 0 Å². The van der Waals surface area contributed by atoms with Gasteiger partial charge in [-0.05, 0) is 20.8 Å². The summed E-state index contributed by atoms with van der Waals surface area (Å²) in [5, 5.41) is 0. The number of aryl methyl sites for hydroxylation is 1. The molecular formula is C18H29N5O2. The molecule has 1 atom stereocenters. The summed E-state index contributed by atoms with van der Waals surface area (Å²) in [4.78, 5) is 27.3. The summed E-state index contributed by atoms with van der Waals surface area (Å²) >= 11 is 0. The number of amides is 1. The van der Waals surface area contributed by atoms with Gasteiger partial charge in [0, 0.05) is 58.3 Å². The number of nitrogens with zero attached hydrogens (tertiary/aromatic N) is 5. The van der Waals surface area contributed by atoms with E-state index in [1.807, 2.05) is 11.8 Å². The molecule has 0 saturated carbocycles. The molecule has 0 aliphatic carbocycles. The van der Waals surface area contributed by atoms with Crippen molar-refractivity contribution in [2.24, 2.45) is 0 Å². The first-order valence-electron chi connectivity index (χ1n) is 9.15. The molecule has 3 heterocycles. The minimum Gasteiger partial charge on any atom is -0.369 e. The molecule has 0 bridgehead atoms. The largest absolute Gasteiger partial charge is 0.369 e. The summed E-state index contributed by atoms with van der Waals surface area (Å²) in [6.45, 7) is 13.7. The van der Waals surface area contributed by atoms with Gasteiger partial charge in [-0.1, -0.05) is 0 Å². The molecule has 7 nitrogen and oxygen atoms in total. The zero-order chi connectivity index (χ0) is 18.0. The Morgan fingerprint density at radius 3 is 2.56 bits per heavy atom. The number of piperazine rings is 1. The molecule has 7 heteroatoms. The number of carbonyl (C=O) groups excluding carboxylic acids is 1. The molecule has 2 aliphatic rings. The summed E-state index contributed by atoms with van der Waals surface area (Å²) < 4.78 is 5.99. The number of hydrogen-bond acceptors (Lipinski definition) is 6. The Hall–Kier alpha value is -1.73. The summed E-state index contributed by atoms with van der Waals surface area (Å²) in [7, 11) is 0. The number of morpholine rings is 1. The van der Waals surface area contributed by atoms with E-state index in [2.05, 4.69) is 39.7 Å². The van der Waals surface area contributed by atoms with Crippen LogP contribution in [-0.4, -0.2) is 77.6 Å². The normalized spacial score (nSPS) is 22.5. The maximum absolute atomic E-state index is 11.5. The lowest BCUT2D eigenvalue weighted by Crippen LogP contribution is -2.48. The molecule has 138 valence electrons. The van der Waals surface area contributed by atoms with Gasteiger partial charge in [0.15, 0.2) is 0 Å². The van der Waals surface area contributed by atoms with Crippen LogP contribution in [0.2, 0.25) is 0 Å². The lowest BCUT2D eigenvalue weighted by molar-refractivity contribution is -0.129. The topological polar surface area (TPSA) is 61.8 Å². The summed E-state index contributed by atoms with van der Waals surface area (Å²) in [5.41, 5.74) is 0.960. The molecule has 3 rings (SSSR count). The van der Waals surface area contributed by atoms with E-state index in [4.69, 9.17) is 4.74 Å². The molecular weight excluding hydrogens is 318 g/mol. The van der Waals surface area contributed by atoms with Crippen molar-refractivity contribution >= 4 is 11.7 Å². The van der Waals surface area contributed by atoms with Crippen molar-refractivity contribution in [3.8, 4) is 0 Å². The molecule has 0 aromatic carbocycles. The number of hydrogen-bond donors (Lipinski definition) is 0. The van der Waals surface area contributed by atoms with E-state index >= 15 is 0 Å². The first-order valence-corrected chi connectivity index (χ1v) is 9.15. The van der Waals surface area contributed by atoms with Gasteiger partial charge in [0.05, 0.1) is 12.3 Å². The zero-order valence-electron chi connectivity index (χ0n) is 15.7. The molecule has 25 heavy (non-hydrogen) atoms. The number of anilines is 1. The van der Waals surface area contributed by atoms with E-state index in [9.17, 15) is 4.79 Å². The highest BCUT2D eigenvalue weighted by atomic mass is 16.5. The molecule has 0 N–H and O–H groups in total. The van der Waals surface area contributed by atoms with Crippen LogP contribution < -0.4 is 4.90 Å². The Bertz CT molecular complexity index is 613. The van der Waals surface area contributed by atoms with Crippen molar-refractivity contribution in [3.05, 3.63) is 17.6 Å². The average molecular weight is 347 g/mol. The van der Waals surface area contributed by atoms with Crippen LogP contribution in [0.5, 0.6) is 0 Å². The van der Waals surface area contributed by atoms with E-state index in [1.54, 1.807) is 6.92 Å². The van der Waals surface area contributed by atoms with E-state index in [0.29, 0.717) is 6.04 Å². The number of rotatable bonds is 3.